The van der Waals surface area contributed by atoms with Gasteiger partial charge in [0, 0.05) is 18.7 Å². The topological polar surface area (TPSA) is 66.5 Å². The average Bonchev–Trinajstić information content (AvgIpc) is 2.64. The normalized spacial score (nSPS) is 15.6. The third-order valence-corrected chi connectivity index (χ3v) is 6.49. The molecule has 0 aliphatic carbocycles. The Morgan fingerprint density at radius 3 is 2.26 bits per heavy atom. The van der Waals surface area contributed by atoms with Gasteiger partial charge in [-0.15, -0.1) is 0 Å². The molecule has 0 aromatic heterocycles. The summed E-state index contributed by atoms with van der Waals surface area (Å²) in [7, 11) is -3.70. The predicted octanol–water partition coefficient (Wildman–Crippen LogP) is 3.98. The van der Waals surface area contributed by atoms with E-state index in [0.29, 0.717) is 17.2 Å². The first-order valence-electron chi connectivity index (χ1n) is 9.26. The van der Waals surface area contributed by atoms with Crippen LogP contribution in [-0.4, -0.2) is 32.3 Å². The predicted molar refractivity (Wildman–Crippen MR) is 107 cm³/mol. The van der Waals surface area contributed by atoms with E-state index in [9.17, 15) is 13.2 Å². The molecule has 27 heavy (non-hydrogen) atoms. The number of benzene rings is 2. The van der Waals surface area contributed by atoms with Gasteiger partial charge in [0.05, 0.1) is 10.6 Å². The summed E-state index contributed by atoms with van der Waals surface area (Å²) in [5.41, 5.74) is 3.02. The molecule has 1 fully saturated rings. The number of piperidine rings is 1. The van der Waals surface area contributed by atoms with Crippen molar-refractivity contribution >= 4 is 21.6 Å². The van der Waals surface area contributed by atoms with Gasteiger partial charge in [0.2, 0.25) is 0 Å². The van der Waals surface area contributed by atoms with Crippen LogP contribution in [0, 0.1) is 19.8 Å². The Balaban J connectivity index is 1.74. The van der Waals surface area contributed by atoms with Gasteiger partial charge in [0.25, 0.3) is 15.9 Å². The van der Waals surface area contributed by atoms with E-state index in [0.717, 1.165) is 37.1 Å². The maximum Gasteiger partial charge on any atom is 0.261 e. The molecule has 2 aromatic rings. The van der Waals surface area contributed by atoms with Gasteiger partial charge in [-0.1, -0.05) is 24.6 Å². The SMILES string of the molecule is Cc1ccc(NS(=O)(=O)c2ccc(C(=O)N3CCC(C)CC3)cc2)c(C)c1. The minimum absolute atomic E-state index is 0.0341. The van der Waals surface area contributed by atoms with E-state index < -0.39 is 10.0 Å². The number of carbonyl (C=O) groups is 1. The number of carbonyl (C=O) groups excluding carboxylic acids is 1. The number of nitrogens with one attached hydrogen (secondary N) is 1. The fourth-order valence-corrected chi connectivity index (χ4v) is 4.43. The molecule has 0 spiro atoms. The van der Waals surface area contributed by atoms with Gasteiger partial charge in [-0.05, 0) is 68.5 Å². The van der Waals surface area contributed by atoms with Gasteiger partial charge in [-0.25, -0.2) is 8.42 Å². The number of sulfonamides is 1. The lowest BCUT2D eigenvalue weighted by molar-refractivity contribution is 0.0697. The van der Waals surface area contributed by atoms with E-state index in [4.69, 9.17) is 0 Å². The fraction of sp³-hybridized carbons (Fsp3) is 0.381. The lowest BCUT2D eigenvalue weighted by atomic mass is 9.98. The third-order valence-electron chi connectivity index (χ3n) is 5.11. The average molecular weight is 387 g/mol. The van der Waals surface area contributed by atoms with E-state index in [2.05, 4.69) is 11.6 Å². The highest BCUT2D eigenvalue weighted by Crippen LogP contribution is 2.22. The molecular weight excluding hydrogens is 360 g/mol. The Bertz CT molecular complexity index is 928. The number of anilines is 1. The second-order valence-electron chi connectivity index (χ2n) is 7.42. The minimum Gasteiger partial charge on any atom is -0.339 e. The van der Waals surface area contributed by atoms with Crippen molar-refractivity contribution in [3.05, 3.63) is 59.2 Å². The van der Waals surface area contributed by atoms with E-state index in [1.165, 1.54) is 12.1 Å². The summed E-state index contributed by atoms with van der Waals surface area (Å²) in [5, 5.41) is 0. The highest BCUT2D eigenvalue weighted by molar-refractivity contribution is 7.92. The molecule has 3 rings (SSSR count). The second kappa shape index (κ2) is 7.72. The zero-order chi connectivity index (χ0) is 19.6. The Morgan fingerprint density at radius 1 is 1.04 bits per heavy atom. The van der Waals surface area contributed by atoms with Crippen molar-refractivity contribution in [2.75, 3.05) is 17.8 Å². The van der Waals surface area contributed by atoms with Crippen molar-refractivity contribution in [2.45, 2.75) is 38.5 Å². The second-order valence-corrected chi connectivity index (χ2v) is 9.11. The van der Waals surface area contributed by atoms with Crippen molar-refractivity contribution in [3.8, 4) is 0 Å². The number of aryl methyl sites for hydroxylation is 2. The van der Waals surface area contributed by atoms with Crippen LogP contribution < -0.4 is 4.72 Å². The molecule has 1 saturated heterocycles. The number of hydrogen-bond acceptors (Lipinski definition) is 3. The Morgan fingerprint density at radius 2 is 1.67 bits per heavy atom. The fourth-order valence-electron chi connectivity index (χ4n) is 3.30. The molecule has 2 aromatic carbocycles. The maximum atomic E-state index is 12.7. The Kier molecular flexibility index (Phi) is 5.56. The number of amides is 1. The molecule has 144 valence electrons. The van der Waals surface area contributed by atoms with Crippen molar-refractivity contribution in [3.63, 3.8) is 0 Å². The van der Waals surface area contributed by atoms with Gasteiger partial charge < -0.3 is 4.90 Å². The molecule has 0 radical (unpaired) electrons. The van der Waals surface area contributed by atoms with Crippen molar-refractivity contribution in [1.82, 2.24) is 4.90 Å². The quantitative estimate of drug-likeness (QED) is 0.864. The lowest BCUT2D eigenvalue weighted by Crippen LogP contribution is -2.37. The van der Waals surface area contributed by atoms with Gasteiger partial charge >= 0.3 is 0 Å². The first kappa shape index (κ1) is 19.4. The van der Waals surface area contributed by atoms with Crippen LogP contribution in [0.4, 0.5) is 5.69 Å². The van der Waals surface area contributed by atoms with Crippen LogP contribution in [-0.2, 0) is 10.0 Å². The van der Waals surface area contributed by atoms with E-state index in [1.54, 1.807) is 18.2 Å². The third kappa shape index (κ3) is 4.50. The van der Waals surface area contributed by atoms with Gasteiger partial charge in [-0.2, -0.15) is 0 Å². The number of hydrogen-bond donors (Lipinski definition) is 1. The monoisotopic (exact) mass is 386 g/mol. The van der Waals surface area contributed by atoms with Crippen LogP contribution >= 0.6 is 0 Å². The Labute approximate surface area is 161 Å². The van der Waals surface area contributed by atoms with E-state index in [-0.39, 0.29) is 10.8 Å². The highest BCUT2D eigenvalue weighted by atomic mass is 32.2. The molecule has 1 N–H and O–H groups in total. The van der Waals surface area contributed by atoms with Gasteiger partial charge in [0.15, 0.2) is 0 Å². The molecule has 1 heterocycles. The first-order chi connectivity index (χ1) is 12.8. The lowest BCUT2D eigenvalue weighted by Gasteiger charge is -2.30. The van der Waals surface area contributed by atoms with E-state index >= 15 is 0 Å². The van der Waals surface area contributed by atoms with Crippen molar-refractivity contribution in [1.29, 1.82) is 0 Å². The summed E-state index contributed by atoms with van der Waals surface area (Å²) in [6.45, 7) is 7.54. The molecule has 1 aliphatic rings. The number of likely N-dealkylation sites (tertiary alicyclic amines) is 1. The van der Waals surface area contributed by atoms with Crippen LogP contribution in [0.15, 0.2) is 47.4 Å². The zero-order valence-corrected chi connectivity index (χ0v) is 16.8. The molecule has 0 unspecified atom stereocenters. The van der Waals surface area contributed by atoms with Crippen LogP contribution in [0.3, 0.4) is 0 Å². The summed E-state index contributed by atoms with van der Waals surface area (Å²) >= 11 is 0. The smallest absolute Gasteiger partial charge is 0.261 e. The summed E-state index contributed by atoms with van der Waals surface area (Å²) in [6.07, 6.45) is 2.02. The molecule has 5 nitrogen and oxygen atoms in total. The van der Waals surface area contributed by atoms with Crippen LogP contribution in [0.5, 0.6) is 0 Å². The summed E-state index contributed by atoms with van der Waals surface area (Å²) < 4.78 is 27.9. The van der Waals surface area contributed by atoms with Gasteiger partial charge in [-0.3, -0.25) is 9.52 Å². The van der Waals surface area contributed by atoms with Crippen LogP contribution in [0.2, 0.25) is 0 Å². The first-order valence-corrected chi connectivity index (χ1v) is 10.7. The molecule has 0 bridgehead atoms. The molecule has 1 amide bonds. The largest absolute Gasteiger partial charge is 0.339 e. The van der Waals surface area contributed by atoms with Gasteiger partial charge in [0.1, 0.15) is 0 Å². The molecule has 6 heteroatoms. The molecule has 1 aliphatic heterocycles. The van der Waals surface area contributed by atoms with Crippen LogP contribution in [0.25, 0.3) is 0 Å². The van der Waals surface area contributed by atoms with Crippen molar-refractivity contribution in [2.24, 2.45) is 5.92 Å². The summed E-state index contributed by atoms with van der Waals surface area (Å²) in [6, 6.07) is 11.7. The minimum atomic E-state index is -3.70. The van der Waals surface area contributed by atoms with Crippen LogP contribution in [0.1, 0.15) is 41.3 Å². The molecule has 0 atom stereocenters. The Hall–Kier alpha value is -2.34. The highest BCUT2D eigenvalue weighted by Gasteiger charge is 2.22. The molecular formula is C21H26N2O3S. The summed E-state index contributed by atoms with van der Waals surface area (Å²) in [5.74, 6) is 0.617. The van der Waals surface area contributed by atoms with Crippen molar-refractivity contribution < 1.29 is 13.2 Å². The standard InChI is InChI=1S/C21H26N2O3S/c1-15-10-12-23(13-11-15)21(24)18-5-7-19(8-6-18)27(25,26)22-20-9-4-16(2)14-17(20)3/h4-9,14-15,22H,10-13H2,1-3H3. The maximum absolute atomic E-state index is 12.7. The molecule has 0 saturated carbocycles. The summed E-state index contributed by atoms with van der Waals surface area (Å²) in [4.78, 5) is 14.6. The zero-order valence-electron chi connectivity index (χ0n) is 16.0. The van der Waals surface area contributed by atoms with E-state index in [1.807, 2.05) is 30.9 Å². The number of nitrogens with zero attached hydrogens (tertiary/aromatic N) is 1. The number of rotatable bonds is 4.